The van der Waals surface area contributed by atoms with E-state index >= 15 is 0 Å². The lowest BCUT2D eigenvalue weighted by molar-refractivity contribution is -0.870. The van der Waals surface area contributed by atoms with E-state index in [9.17, 15) is 19.0 Å². The van der Waals surface area contributed by atoms with Gasteiger partial charge in [-0.2, -0.15) is 0 Å². The molecule has 0 aliphatic heterocycles. The number of carbonyl (C=O) groups is 2. The zero-order valence-electron chi connectivity index (χ0n) is 64.3. The molecule has 0 aromatic carbocycles. The molecule has 2 atom stereocenters. The first-order chi connectivity index (χ1) is 49.0. The summed E-state index contributed by atoms with van der Waals surface area (Å²) >= 11 is 0. The summed E-state index contributed by atoms with van der Waals surface area (Å²) in [5.41, 5.74) is 0. The van der Waals surface area contributed by atoms with Crippen LogP contribution in [-0.4, -0.2) is 74.9 Å². The molecule has 0 amide bonds. The van der Waals surface area contributed by atoms with Gasteiger partial charge in [0, 0.05) is 12.8 Å². The minimum Gasteiger partial charge on any atom is -0.462 e. The summed E-state index contributed by atoms with van der Waals surface area (Å²) in [6, 6.07) is 0. The number of hydrogen-bond acceptors (Lipinski definition) is 7. The number of phosphoric acid groups is 1. The van der Waals surface area contributed by atoms with E-state index < -0.39 is 26.5 Å². The van der Waals surface area contributed by atoms with Crippen LogP contribution in [-0.2, 0) is 32.7 Å². The Labute approximate surface area is 615 Å². The molecule has 0 saturated carbocycles. The second kappa shape index (κ2) is 77.7. The zero-order valence-corrected chi connectivity index (χ0v) is 65.2. The molecule has 0 spiro atoms. The number of esters is 2. The first-order valence-electron chi connectivity index (χ1n) is 39.8. The highest BCUT2D eigenvalue weighted by atomic mass is 31.2. The van der Waals surface area contributed by atoms with Crippen LogP contribution in [0, 0.1) is 0 Å². The van der Waals surface area contributed by atoms with Crippen LogP contribution in [0.5, 0.6) is 0 Å². The van der Waals surface area contributed by atoms with Crippen molar-refractivity contribution in [2.75, 3.05) is 47.5 Å². The van der Waals surface area contributed by atoms with Crippen molar-refractivity contribution < 1.29 is 42.1 Å². The summed E-state index contributed by atoms with van der Waals surface area (Å²) in [6.07, 6.45) is 122. The summed E-state index contributed by atoms with van der Waals surface area (Å²) < 4.78 is 34.8. The number of quaternary nitrogens is 1. The molecule has 0 rings (SSSR count). The zero-order chi connectivity index (χ0) is 72.5. The van der Waals surface area contributed by atoms with E-state index in [2.05, 4.69) is 220 Å². The highest BCUT2D eigenvalue weighted by Gasteiger charge is 2.27. The molecule has 1 N–H and O–H groups in total. The van der Waals surface area contributed by atoms with Crippen LogP contribution in [0.1, 0.15) is 296 Å². The molecule has 0 aliphatic carbocycles. The smallest absolute Gasteiger partial charge is 0.462 e. The highest BCUT2D eigenvalue weighted by Crippen LogP contribution is 2.43. The maximum Gasteiger partial charge on any atom is 0.472 e. The van der Waals surface area contributed by atoms with E-state index in [-0.39, 0.29) is 32.0 Å². The molecule has 564 valence electrons. The number of likely N-dealkylation sites (N-methyl/N-ethyl adjacent to an activating group) is 1. The van der Waals surface area contributed by atoms with E-state index in [1.54, 1.807) is 0 Å². The first kappa shape index (κ1) is 94.6. The number of rotatable bonds is 71. The van der Waals surface area contributed by atoms with Gasteiger partial charge in [0.2, 0.25) is 0 Å². The Bertz CT molecular complexity index is 2450. The van der Waals surface area contributed by atoms with Crippen molar-refractivity contribution in [3.8, 4) is 0 Å². The molecule has 0 aromatic heterocycles. The van der Waals surface area contributed by atoms with Crippen molar-refractivity contribution in [3.05, 3.63) is 207 Å². The molecule has 0 heterocycles. The Morgan fingerprint density at radius 1 is 0.310 bits per heavy atom. The van der Waals surface area contributed by atoms with Crippen LogP contribution in [0.15, 0.2) is 207 Å². The van der Waals surface area contributed by atoms with Gasteiger partial charge in [-0.05, 0) is 148 Å². The lowest BCUT2D eigenvalue weighted by Gasteiger charge is -2.24. The third-order valence-corrected chi connectivity index (χ3v) is 17.3. The summed E-state index contributed by atoms with van der Waals surface area (Å²) in [4.78, 5) is 36.0. The van der Waals surface area contributed by atoms with Gasteiger partial charge < -0.3 is 18.9 Å². The second-order valence-corrected chi connectivity index (χ2v) is 28.4. The summed E-state index contributed by atoms with van der Waals surface area (Å²) in [5, 5.41) is 0. The van der Waals surface area contributed by atoms with Crippen molar-refractivity contribution in [2.24, 2.45) is 0 Å². The Morgan fingerprint density at radius 3 is 0.800 bits per heavy atom. The van der Waals surface area contributed by atoms with Gasteiger partial charge >= 0.3 is 19.8 Å². The van der Waals surface area contributed by atoms with Gasteiger partial charge in [0.05, 0.1) is 27.7 Å². The molecule has 0 aliphatic rings. The monoisotopic (exact) mass is 1400 g/mol. The quantitative estimate of drug-likeness (QED) is 0.0211. The average Bonchev–Trinajstić information content (AvgIpc) is 1.65. The molecule has 0 bridgehead atoms. The molecule has 0 fully saturated rings. The number of unbranched alkanes of at least 4 members (excludes halogenated alkanes) is 23. The van der Waals surface area contributed by atoms with E-state index in [1.807, 2.05) is 21.1 Å². The normalized spacial score (nSPS) is 14.2. The maximum atomic E-state index is 12.9. The molecule has 0 aromatic rings. The lowest BCUT2D eigenvalue weighted by atomic mass is 10.0. The van der Waals surface area contributed by atoms with Gasteiger partial charge in [0.15, 0.2) is 6.10 Å². The van der Waals surface area contributed by atoms with Crippen molar-refractivity contribution in [2.45, 2.75) is 302 Å². The van der Waals surface area contributed by atoms with E-state index in [0.717, 1.165) is 154 Å². The van der Waals surface area contributed by atoms with Gasteiger partial charge in [-0.25, -0.2) is 4.57 Å². The van der Waals surface area contributed by atoms with Crippen LogP contribution < -0.4 is 0 Å². The van der Waals surface area contributed by atoms with Crippen molar-refractivity contribution in [1.29, 1.82) is 0 Å². The topological polar surface area (TPSA) is 108 Å². The molecule has 9 nitrogen and oxygen atoms in total. The molecular formula is C90H147NO8P+. The molecule has 0 saturated heterocycles. The van der Waals surface area contributed by atoms with Crippen molar-refractivity contribution >= 4 is 19.8 Å². The van der Waals surface area contributed by atoms with Crippen LogP contribution in [0.4, 0.5) is 0 Å². The van der Waals surface area contributed by atoms with Gasteiger partial charge in [0.25, 0.3) is 0 Å². The fourth-order valence-corrected chi connectivity index (χ4v) is 11.1. The minimum atomic E-state index is -4.41. The van der Waals surface area contributed by atoms with Crippen LogP contribution >= 0.6 is 7.82 Å². The van der Waals surface area contributed by atoms with E-state index in [4.69, 9.17) is 18.5 Å². The predicted octanol–water partition coefficient (Wildman–Crippen LogP) is 26.9. The minimum absolute atomic E-state index is 0.0202. The fraction of sp³-hybridized carbons (Fsp3) is 0.600. The Balaban J connectivity index is 4.07. The number of ether oxygens (including phenoxy) is 2. The molecule has 2 unspecified atom stereocenters. The fourth-order valence-electron chi connectivity index (χ4n) is 10.3. The summed E-state index contributed by atoms with van der Waals surface area (Å²) in [5.74, 6) is -0.817. The third-order valence-electron chi connectivity index (χ3n) is 16.3. The number of allylic oxidation sites excluding steroid dienone is 34. The summed E-state index contributed by atoms with van der Waals surface area (Å²) in [6.45, 7) is 4.19. The number of hydrogen-bond donors (Lipinski definition) is 1. The van der Waals surface area contributed by atoms with Crippen LogP contribution in [0.2, 0.25) is 0 Å². The van der Waals surface area contributed by atoms with E-state index in [0.29, 0.717) is 17.4 Å². The third kappa shape index (κ3) is 81.6. The number of nitrogens with zero attached hydrogens (tertiary/aromatic N) is 1. The largest absolute Gasteiger partial charge is 0.472 e. The molecule has 0 radical (unpaired) electrons. The number of carbonyl (C=O) groups excluding carboxylic acids is 2. The van der Waals surface area contributed by atoms with E-state index in [1.165, 1.54) is 109 Å². The predicted molar refractivity (Wildman–Crippen MR) is 435 cm³/mol. The van der Waals surface area contributed by atoms with Crippen molar-refractivity contribution in [3.63, 3.8) is 0 Å². The molecule has 100 heavy (non-hydrogen) atoms. The highest BCUT2D eigenvalue weighted by molar-refractivity contribution is 7.47. The SMILES string of the molecule is CC/C=C\C/C=C\C/C=C\C/C=C\C/C=C\C/C=C\C/C=C\C/C=C\C/C=C\CCCCCCCCCC(=O)OC(COC(=O)CCCCCCCCCCCCCCCCCC/C=C\C/C=C\C/C=C\C/C=C\C/C=C\C/C=C\C/C=C\C/C=C\CC)COP(=O)(O)OCC[N+](C)(C)C. The second-order valence-electron chi connectivity index (χ2n) is 27.0. The standard InChI is InChI=1S/C90H146NO8P/c1-6-8-10-12-14-16-18-20-22-24-26-28-30-32-34-36-38-40-42-43-44-45-46-47-49-50-52-54-56-58-60-62-64-66-68-70-72-74-76-78-80-82-89(92)96-86-88(87-98-100(94,95)97-85-84-91(3,4)5)99-90(93)83-81-79-77-75-73-71-69-67-65-63-61-59-57-55-53-51-48-41-39-37-35-33-31-29-27-25-23-21-19-17-15-13-11-9-7-2/h8-11,14-17,20-23,26-29,32-35,38-41,43-44,46-47,51,53,57,59,63,65,88H,6-7,12-13,18-19,24-25,30-31,36-37,42,45,48-50,52,54-56,58,60-62,64,66-87H2,1-5H3/p+1/b10-8-,11-9-,16-14-,17-15-,22-20-,23-21-,28-26-,29-27-,34-32-,35-33-,40-38-,41-39-,44-43-,47-46-,53-51-,59-57-,65-63-. The average molecular weight is 1400 g/mol. The first-order valence-corrected chi connectivity index (χ1v) is 41.3. The Hall–Kier alpha value is -5.41. The van der Waals surface area contributed by atoms with Crippen molar-refractivity contribution in [1.82, 2.24) is 0 Å². The van der Waals surface area contributed by atoms with Crippen LogP contribution in [0.3, 0.4) is 0 Å². The van der Waals surface area contributed by atoms with Gasteiger partial charge in [-0.15, -0.1) is 0 Å². The Kier molecular flexibility index (Phi) is 73.5. The molecule has 10 heteroatoms. The van der Waals surface area contributed by atoms with Gasteiger partial charge in [-0.3, -0.25) is 18.6 Å². The molecular weight excluding hydrogens is 1250 g/mol. The number of phosphoric ester groups is 1. The Morgan fingerprint density at radius 2 is 0.540 bits per heavy atom. The maximum absolute atomic E-state index is 12.9. The summed E-state index contributed by atoms with van der Waals surface area (Å²) in [7, 11) is 1.45. The lowest BCUT2D eigenvalue weighted by Crippen LogP contribution is -2.37. The van der Waals surface area contributed by atoms with Gasteiger partial charge in [-0.1, -0.05) is 342 Å². The van der Waals surface area contributed by atoms with Crippen LogP contribution in [0.25, 0.3) is 0 Å². The van der Waals surface area contributed by atoms with Gasteiger partial charge in [0.1, 0.15) is 19.8 Å².